The molecule has 2 N–H and O–H groups in total. The van der Waals surface area contributed by atoms with Crippen LogP contribution < -0.4 is 5.32 Å². The third-order valence-corrected chi connectivity index (χ3v) is 4.65. The maximum atomic E-state index is 11.0. The summed E-state index contributed by atoms with van der Waals surface area (Å²) in [5.41, 5.74) is 1.43. The number of carboxylic acids is 1. The Labute approximate surface area is 136 Å². The minimum Gasteiger partial charge on any atom is -0.480 e. The van der Waals surface area contributed by atoms with Crippen LogP contribution >= 0.6 is 0 Å². The van der Waals surface area contributed by atoms with E-state index in [9.17, 15) is 4.79 Å². The van der Waals surface area contributed by atoms with E-state index in [4.69, 9.17) is 10.4 Å². The van der Waals surface area contributed by atoms with Gasteiger partial charge in [-0.05, 0) is 50.7 Å². The number of aliphatic carboxylic acids is 1. The lowest BCUT2D eigenvalue weighted by molar-refractivity contribution is -0.139. The fraction of sp³-hybridized carbons (Fsp3) is 0.588. The van der Waals surface area contributed by atoms with Crippen molar-refractivity contribution in [2.45, 2.75) is 44.7 Å². The van der Waals surface area contributed by atoms with Crippen molar-refractivity contribution >= 4 is 11.8 Å². The Hall–Kier alpha value is -2.13. The molecule has 1 aromatic heterocycles. The molecule has 0 amide bonds. The van der Waals surface area contributed by atoms with Crippen molar-refractivity contribution in [3.05, 3.63) is 23.4 Å². The van der Waals surface area contributed by atoms with E-state index in [0.717, 1.165) is 25.1 Å². The second-order valence-corrected chi connectivity index (χ2v) is 6.69. The van der Waals surface area contributed by atoms with Gasteiger partial charge in [-0.3, -0.25) is 9.69 Å². The normalized spacial score (nSPS) is 23.2. The average molecular weight is 314 g/mol. The molecule has 0 atom stereocenters. The molecular weight excluding hydrogens is 292 g/mol. The Morgan fingerprint density at radius 2 is 2.22 bits per heavy atom. The lowest BCUT2D eigenvalue weighted by Gasteiger charge is -2.43. The molecule has 2 saturated carbocycles. The number of carboxylic acid groups (broad SMARTS) is 1. The zero-order valence-corrected chi connectivity index (χ0v) is 13.3. The summed E-state index contributed by atoms with van der Waals surface area (Å²) in [5, 5.41) is 21.6. The summed E-state index contributed by atoms with van der Waals surface area (Å²) in [6.45, 7) is 2.93. The van der Waals surface area contributed by atoms with Crippen molar-refractivity contribution in [2.24, 2.45) is 5.92 Å². The minimum absolute atomic E-state index is 0.125. The van der Waals surface area contributed by atoms with Crippen molar-refractivity contribution in [3.63, 3.8) is 0 Å². The quantitative estimate of drug-likeness (QED) is 0.800. The number of hydrogen-bond acceptors (Lipinski definition) is 5. The standard InChI is InChI=1S/C17H22N4O2/c1-11-2-5-13(8-18)17(19-11)20-14-6-15(7-14)21(10-16(22)23)9-12-3-4-12/h2,5,12,14-15H,3-4,6-7,9-10H2,1H3,(H,19,20)(H,22,23). The lowest BCUT2D eigenvalue weighted by atomic mass is 9.85. The van der Waals surface area contributed by atoms with Crippen molar-refractivity contribution < 1.29 is 9.90 Å². The van der Waals surface area contributed by atoms with Gasteiger partial charge in [0, 0.05) is 24.3 Å². The molecule has 0 aliphatic heterocycles. The molecular formula is C17H22N4O2. The van der Waals surface area contributed by atoms with Crippen molar-refractivity contribution in [1.29, 1.82) is 5.26 Å². The van der Waals surface area contributed by atoms with Gasteiger partial charge in [0.2, 0.25) is 0 Å². The highest BCUT2D eigenvalue weighted by atomic mass is 16.4. The summed E-state index contributed by atoms with van der Waals surface area (Å²) in [5.74, 6) is 0.571. The molecule has 1 aromatic rings. The van der Waals surface area contributed by atoms with Crippen LogP contribution in [0.2, 0.25) is 0 Å². The molecule has 0 bridgehead atoms. The van der Waals surface area contributed by atoms with Crippen LogP contribution in [0.1, 0.15) is 36.9 Å². The Morgan fingerprint density at radius 1 is 1.48 bits per heavy atom. The molecule has 2 fully saturated rings. The Balaban J connectivity index is 1.56. The van der Waals surface area contributed by atoms with Crippen molar-refractivity contribution in [3.8, 4) is 6.07 Å². The summed E-state index contributed by atoms with van der Waals surface area (Å²) in [6.07, 6.45) is 4.26. The van der Waals surface area contributed by atoms with Crippen molar-refractivity contribution in [2.75, 3.05) is 18.4 Å². The Morgan fingerprint density at radius 3 is 2.83 bits per heavy atom. The van der Waals surface area contributed by atoms with Crippen molar-refractivity contribution in [1.82, 2.24) is 9.88 Å². The predicted octanol–water partition coefficient (Wildman–Crippen LogP) is 2.00. The molecule has 6 nitrogen and oxygen atoms in total. The smallest absolute Gasteiger partial charge is 0.317 e. The van der Waals surface area contributed by atoms with Gasteiger partial charge in [0.05, 0.1) is 12.1 Å². The molecule has 0 radical (unpaired) electrons. The van der Waals surface area contributed by atoms with Gasteiger partial charge in [-0.15, -0.1) is 0 Å². The van der Waals surface area contributed by atoms with E-state index in [0.29, 0.717) is 23.3 Å². The first-order valence-corrected chi connectivity index (χ1v) is 8.15. The van der Waals surface area contributed by atoms with Crippen LogP contribution in [0.3, 0.4) is 0 Å². The van der Waals surface area contributed by atoms with Crippen LogP contribution in [-0.2, 0) is 4.79 Å². The van der Waals surface area contributed by atoms with E-state index in [1.807, 2.05) is 13.0 Å². The maximum absolute atomic E-state index is 11.0. The first-order chi connectivity index (χ1) is 11.0. The number of nitrogens with one attached hydrogen (secondary N) is 1. The molecule has 1 heterocycles. The summed E-state index contributed by atoms with van der Waals surface area (Å²) in [6, 6.07) is 6.35. The third kappa shape index (κ3) is 3.99. The Bertz CT molecular complexity index is 630. The number of pyridine rings is 1. The highest BCUT2D eigenvalue weighted by Crippen LogP contribution is 2.34. The number of hydrogen-bond donors (Lipinski definition) is 2. The first-order valence-electron chi connectivity index (χ1n) is 8.15. The van der Waals surface area contributed by atoms with Gasteiger partial charge in [-0.2, -0.15) is 5.26 Å². The van der Waals surface area contributed by atoms with Crippen LogP contribution in [0.5, 0.6) is 0 Å². The highest BCUT2D eigenvalue weighted by Gasteiger charge is 2.37. The molecule has 0 aromatic carbocycles. The van der Waals surface area contributed by atoms with Gasteiger partial charge in [-0.25, -0.2) is 4.98 Å². The van der Waals surface area contributed by atoms with Gasteiger partial charge in [0.25, 0.3) is 0 Å². The summed E-state index contributed by atoms with van der Waals surface area (Å²) in [7, 11) is 0. The molecule has 3 rings (SSSR count). The maximum Gasteiger partial charge on any atom is 0.317 e. The molecule has 2 aliphatic rings. The van der Waals surface area contributed by atoms with Crippen LogP contribution in [0.25, 0.3) is 0 Å². The van der Waals surface area contributed by atoms with E-state index in [2.05, 4.69) is 21.3 Å². The summed E-state index contributed by atoms with van der Waals surface area (Å²) < 4.78 is 0. The molecule has 0 spiro atoms. The van der Waals surface area contributed by atoms with E-state index >= 15 is 0 Å². The fourth-order valence-electron chi connectivity index (χ4n) is 3.10. The highest BCUT2D eigenvalue weighted by molar-refractivity contribution is 5.69. The summed E-state index contributed by atoms with van der Waals surface area (Å²) in [4.78, 5) is 17.6. The number of carbonyl (C=O) groups is 1. The molecule has 2 aliphatic carbocycles. The summed E-state index contributed by atoms with van der Waals surface area (Å²) >= 11 is 0. The SMILES string of the molecule is Cc1ccc(C#N)c(NC2CC(N(CC(=O)O)CC3CC3)C2)n1. The van der Waals surface area contributed by atoms with E-state index < -0.39 is 5.97 Å². The zero-order valence-electron chi connectivity index (χ0n) is 13.3. The molecule has 23 heavy (non-hydrogen) atoms. The van der Waals surface area contributed by atoms with E-state index in [-0.39, 0.29) is 12.6 Å². The van der Waals surface area contributed by atoms with Gasteiger partial charge in [-0.1, -0.05) is 0 Å². The van der Waals surface area contributed by atoms with Gasteiger partial charge in [0.15, 0.2) is 0 Å². The third-order valence-electron chi connectivity index (χ3n) is 4.65. The number of anilines is 1. The number of rotatable bonds is 7. The predicted molar refractivity (Wildman–Crippen MR) is 86.1 cm³/mol. The van der Waals surface area contributed by atoms with E-state index in [1.165, 1.54) is 12.8 Å². The molecule has 6 heteroatoms. The van der Waals surface area contributed by atoms with Crippen LogP contribution in [0.4, 0.5) is 5.82 Å². The molecule has 0 unspecified atom stereocenters. The lowest BCUT2D eigenvalue weighted by Crippen LogP contribution is -2.52. The number of nitrogens with zero attached hydrogens (tertiary/aromatic N) is 3. The van der Waals surface area contributed by atoms with Crippen LogP contribution in [0.15, 0.2) is 12.1 Å². The average Bonchev–Trinajstić information content (AvgIpc) is 3.25. The Kier molecular flexibility index (Phi) is 4.49. The second kappa shape index (κ2) is 6.55. The minimum atomic E-state index is -0.755. The topological polar surface area (TPSA) is 89.2 Å². The van der Waals surface area contributed by atoms with Crippen LogP contribution in [0, 0.1) is 24.2 Å². The van der Waals surface area contributed by atoms with Gasteiger partial charge < -0.3 is 10.4 Å². The number of aromatic nitrogens is 1. The van der Waals surface area contributed by atoms with E-state index in [1.54, 1.807) is 6.07 Å². The fourth-order valence-corrected chi connectivity index (χ4v) is 3.10. The number of nitriles is 1. The molecule has 122 valence electrons. The van der Waals surface area contributed by atoms with Crippen LogP contribution in [-0.4, -0.2) is 46.1 Å². The second-order valence-electron chi connectivity index (χ2n) is 6.69. The monoisotopic (exact) mass is 314 g/mol. The largest absolute Gasteiger partial charge is 0.480 e. The first kappa shape index (κ1) is 15.8. The van der Waals surface area contributed by atoms with Gasteiger partial charge in [0.1, 0.15) is 11.9 Å². The zero-order chi connectivity index (χ0) is 16.4. The number of aryl methyl sites for hydroxylation is 1. The van der Waals surface area contributed by atoms with Gasteiger partial charge >= 0.3 is 5.97 Å². The molecule has 0 saturated heterocycles.